The Bertz CT molecular complexity index is 1540. The van der Waals surface area contributed by atoms with E-state index in [1.165, 1.54) is 36.5 Å². The highest BCUT2D eigenvalue weighted by Gasteiger charge is 2.41. The zero-order chi connectivity index (χ0) is 29.9. The van der Waals surface area contributed by atoms with Gasteiger partial charge >= 0.3 is 0 Å². The lowest BCUT2D eigenvalue weighted by Crippen LogP contribution is -2.61. The van der Waals surface area contributed by atoms with Crippen LogP contribution >= 0.6 is 23.2 Å². The minimum absolute atomic E-state index is 0.0693. The van der Waals surface area contributed by atoms with Gasteiger partial charge in [0, 0.05) is 35.7 Å². The van der Waals surface area contributed by atoms with Gasteiger partial charge in [0.25, 0.3) is 5.91 Å². The molecular formula is C29H29Cl2N5O4S. The number of likely N-dealkylation sites (N-methyl/N-ethyl adjacent to an activating group) is 1. The standard InChI is InChI=1S/C29H29Cl2N5O4S/c1-18(28(37)33-2)34-29(38)22-12-19(15-32)13-25(14-22)36(41(3,39)40)26-16-35(17-26)27(20-4-8-23(30)9-5-20)21-6-10-24(31)11-7-21/h4-14,18,26-27H,16-17H2,1-3H3,(H,33,37)(H,34,38). The summed E-state index contributed by atoms with van der Waals surface area (Å²) in [6.07, 6.45) is 1.10. The largest absolute Gasteiger partial charge is 0.357 e. The maximum absolute atomic E-state index is 13.1. The molecule has 4 rings (SSSR count). The third kappa shape index (κ3) is 7.00. The first-order valence-electron chi connectivity index (χ1n) is 12.7. The van der Waals surface area contributed by atoms with Crippen molar-refractivity contribution in [3.8, 4) is 6.07 Å². The molecule has 1 saturated heterocycles. The van der Waals surface area contributed by atoms with Crippen LogP contribution in [0.1, 0.15) is 40.0 Å². The second-order valence-corrected chi connectivity index (χ2v) is 12.6. The number of carbonyl (C=O) groups excluding carboxylic acids is 2. The Morgan fingerprint density at radius 1 is 1.00 bits per heavy atom. The average Bonchev–Trinajstić information content (AvgIpc) is 2.92. The number of hydrogen-bond donors (Lipinski definition) is 2. The van der Waals surface area contributed by atoms with Crippen molar-refractivity contribution in [2.75, 3.05) is 30.7 Å². The molecule has 214 valence electrons. The van der Waals surface area contributed by atoms with Crippen LogP contribution in [0.15, 0.2) is 66.7 Å². The number of sulfonamides is 1. The van der Waals surface area contributed by atoms with Crippen molar-refractivity contribution in [3.63, 3.8) is 0 Å². The van der Waals surface area contributed by atoms with E-state index in [1.54, 1.807) is 0 Å². The van der Waals surface area contributed by atoms with Crippen LogP contribution in [0, 0.1) is 11.3 Å². The molecule has 3 aromatic carbocycles. The maximum Gasteiger partial charge on any atom is 0.252 e. The van der Waals surface area contributed by atoms with E-state index in [2.05, 4.69) is 15.5 Å². The van der Waals surface area contributed by atoms with E-state index in [-0.39, 0.29) is 22.9 Å². The monoisotopic (exact) mass is 613 g/mol. The van der Waals surface area contributed by atoms with Crippen LogP contribution in [-0.4, -0.2) is 63.6 Å². The van der Waals surface area contributed by atoms with Crippen molar-refractivity contribution in [1.29, 1.82) is 5.26 Å². The summed E-state index contributed by atoms with van der Waals surface area (Å²) < 4.78 is 27.4. The van der Waals surface area contributed by atoms with Crippen molar-refractivity contribution in [1.82, 2.24) is 15.5 Å². The number of nitriles is 1. The summed E-state index contributed by atoms with van der Waals surface area (Å²) in [6.45, 7) is 2.29. The summed E-state index contributed by atoms with van der Waals surface area (Å²) in [5.41, 5.74) is 2.35. The second kappa shape index (κ2) is 12.5. The Balaban J connectivity index is 1.65. The Kier molecular flexibility index (Phi) is 9.24. The minimum Gasteiger partial charge on any atom is -0.357 e. The summed E-state index contributed by atoms with van der Waals surface area (Å²) in [4.78, 5) is 27.0. The van der Waals surface area contributed by atoms with Gasteiger partial charge in [0.15, 0.2) is 0 Å². The molecule has 12 heteroatoms. The predicted octanol–water partition coefficient (Wildman–Crippen LogP) is 3.97. The molecule has 1 aliphatic heterocycles. The zero-order valence-corrected chi connectivity index (χ0v) is 25.0. The number of anilines is 1. The summed E-state index contributed by atoms with van der Waals surface area (Å²) in [5.74, 6) is -0.994. The van der Waals surface area contributed by atoms with Crippen molar-refractivity contribution in [2.45, 2.75) is 25.0 Å². The highest BCUT2D eigenvalue weighted by atomic mass is 35.5. The van der Waals surface area contributed by atoms with Gasteiger partial charge in [-0.25, -0.2) is 8.42 Å². The molecule has 1 unspecified atom stereocenters. The molecule has 1 atom stereocenters. The van der Waals surface area contributed by atoms with E-state index in [9.17, 15) is 23.3 Å². The predicted molar refractivity (Wildman–Crippen MR) is 160 cm³/mol. The van der Waals surface area contributed by atoms with Crippen LogP contribution in [0.4, 0.5) is 5.69 Å². The maximum atomic E-state index is 13.1. The number of rotatable bonds is 9. The Morgan fingerprint density at radius 3 is 2.00 bits per heavy atom. The number of amides is 2. The quantitative estimate of drug-likeness (QED) is 0.376. The Hall–Kier alpha value is -3.62. The number of nitrogens with zero attached hydrogens (tertiary/aromatic N) is 3. The van der Waals surface area contributed by atoms with Crippen LogP contribution in [0.2, 0.25) is 10.0 Å². The molecule has 1 heterocycles. The Morgan fingerprint density at radius 2 is 1.54 bits per heavy atom. The minimum atomic E-state index is -3.81. The van der Waals surface area contributed by atoms with Gasteiger partial charge < -0.3 is 10.6 Å². The number of benzene rings is 3. The third-order valence-corrected chi connectivity index (χ3v) is 8.59. The van der Waals surface area contributed by atoms with Gasteiger partial charge in [0.1, 0.15) is 6.04 Å². The summed E-state index contributed by atoms with van der Waals surface area (Å²) in [7, 11) is -2.35. The molecule has 3 aromatic rings. The summed E-state index contributed by atoms with van der Waals surface area (Å²) >= 11 is 12.3. The number of likely N-dealkylation sites (tertiary alicyclic amines) is 1. The van der Waals surface area contributed by atoms with Crippen molar-refractivity contribution in [2.24, 2.45) is 0 Å². The summed E-state index contributed by atoms with van der Waals surface area (Å²) in [6, 6.07) is 19.7. The van der Waals surface area contributed by atoms with Gasteiger partial charge in [0.2, 0.25) is 15.9 Å². The van der Waals surface area contributed by atoms with Gasteiger partial charge in [-0.15, -0.1) is 0 Å². The van der Waals surface area contributed by atoms with E-state index >= 15 is 0 Å². The average molecular weight is 615 g/mol. The molecule has 0 saturated carbocycles. The van der Waals surface area contributed by atoms with Crippen LogP contribution in [0.3, 0.4) is 0 Å². The molecular weight excluding hydrogens is 585 g/mol. The molecule has 1 fully saturated rings. The third-order valence-electron chi connectivity index (χ3n) is 6.87. The van der Waals surface area contributed by atoms with Crippen molar-refractivity contribution < 1.29 is 18.0 Å². The SMILES string of the molecule is CNC(=O)C(C)NC(=O)c1cc(C#N)cc(N(C2CN(C(c3ccc(Cl)cc3)c3ccc(Cl)cc3)C2)S(C)(=O)=O)c1. The number of hydrogen-bond acceptors (Lipinski definition) is 6. The van der Waals surface area contributed by atoms with E-state index in [1.807, 2.05) is 54.6 Å². The first kappa shape index (κ1) is 30.3. The van der Waals surface area contributed by atoms with Gasteiger partial charge in [-0.05, 0) is 60.5 Å². The number of nitrogens with one attached hydrogen (secondary N) is 2. The lowest BCUT2D eigenvalue weighted by molar-refractivity contribution is -0.122. The van der Waals surface area contributed by atoms with Gasteiger partial charge in [0.05, 0.1) is 35.7 Å². The van der Waals surface area contributed by atoms with E-state index < -0.39 is 33.9 Å². The lowest BCUT2D eigenvalue weighted by Gasteiger charge is -2.48. The number of carbonyl (C=O) groups is 2. The normalized spacial score (nSPS) is 14.6. The topological polar surface area (TPSA) is 123 Å². The van der Waals surface area contributed by atoms with E-state index in [0.717, 1.165) is 17.4 Å². The van der Waals surface area contributed by atoms with Crippen LogP contribution in [0.25, 0.3) is 0 Å². The van der Waals surface area contributed by atoms with Gasteiger partial charge in [-0.2, -0.15) is 5.26 Å². The summed E-state index contributed by atoms with van der Waals surface area (Å²) in [5, 5.41) is 15.9. The second-order valence-electron chi connectivity index (χ2n) is 9.86. The van der Waals surface area contributed by atoms with Gasteiger partial charge in [-0.3, -0.25) is 18.8 Å². The van der Waals surface area contributed by atoms with E-state index in [4.69, 9.17) is 23.2 Å². The molecule has 2 N–H and O–H groups in total. The lowest BCUT2D eigenvalue weighted by atomic mass is 9.93. The fraction of sp³-hybridized carbons (Fsp3) is 0.276. The molecule has 41 heavy (non-hydrogen) atoms. The molecule has 1 aliphatic rings. The van der Waals surface area contributed by atoms with E-state index in [0.29, 0.717) is 23.1 Å². The highest BCUT2D eigenvalue weighted by Crippen LogP contribution is 2.37. The Labute approximate surface area is 249 Å². The van der Waals surface area contributed by atoms with Crippen LogP contribution in [-0.2, 0) is 14.8 Å². The first-order valence-corrected chi connectivity index (χ1v) is 15.3. The van der Waals surface area contributed by atoms with Crippen LogP contribution in [0.5, 0.6) is 0 Å². The van der Waals surface area contributed by atoms with Crippen molar-refractivity contribution in [3.05, 3.63) is 99.0 Å². The highest BCUT2D eigenvalue weighted by molar-refractivity contribution is 7.92. The smallest absolute Gasteiger partial charge is 0.252 e. The molecule has 0 spiro atoms. The molecule has 0 aliphatic carbocycles. The molecule has 9 nitrogen and oxygen atoms in total. The molecule has 0 bridgehead atoms. The molecule has 0 aromatic heterocycles. The van der Waals surface area contributed by atoms with Gasteiger partial charge in [-0.1, -0.05) is 47.5 Å². The number of halogens is 2. The fourth-order valence-corrected chi connectivity index (χ4v) is 6.34. The van der Waals surface area contributed by atoms with Crippen LogP contribution < -0.4 is 14.9 Å². The first-order chi connectivity index (χ1) is 19.4. The van der Waals surface area contributed by atoms with Crippen molar-refractivity contribution >= 4 is 50.7 Å². The molecule has 2 amide bonds. The fourth-order valence-electron chi connectivity index (χ4n) is 4.92. The molecule has 0 radical (unpaired) electrons. The zero-order valence-electron chi connectivity index (χ0n) is 22.6.